The average Bonchev–Trinajstić information content (AvgIpc) is 2.42. The summed E-state index contributed by atoms with van der Waals surface area (Å²) in [5, 5.41) is 0. The number of nitrogens with zero attached hydrogens (tertiary/aromatic N) is 3. The van der Waals surface area contributed by atoms with Crippen molar-refractivity contribution in [2.75, 3.05) is 0 Å². The lowest BCUT2D eigenvalue weighted by molar-refractivity contribution is 0.344. The Hall–Kier alpha value is -2.11. The van der Waals surface area contributed by atoms with Gasteiger partial charge in [-0.15, -0.1) is 13.2 Å². The molecule has 1 rings (SSSR count). The molecule has 0 aliphatic carbocycles. The summed E-state index contributed by atoms with van der Waals surface area (Å²) in [5.74, 6) is 0. The molecule has 0 atom stereocenters. The number of hydrogen-bond donors (Lipinski definition) is 0. The third-order valence-corrected chi connectivity index (χ3v) is 3.32. The molecule has 6 heteroatoms. The fourth-order valence-corrected chi connectivity index (χ4v) is 2.21. The van der Waals surface area contributed by atoms with Crippen molar-refractivity contribution in [2.24, 2.45) is 5.41 Å². The molecule has 0 aliphatic heterocycles. The molecule has 6 nitrogen and oxygen atoms in total. The Balaban J connectivity index is 3.34. The van der Waals surface area contributed by atoms with Gasteiger partial charge in [0.05, 0.1) is 13.1 Å². The van der Waals surface area contributed by atoms with Gasteiger partial charge in [0.1, 0.15) is 0 Å². The van der Waals surface area contributed by atoms with Gasteiger partial charge in [0.2, 0.25) is 0 Å². The zero-order valence-electron chi connectivity index (χ0n) is 13.7. The molecule has 0 radical (unpaired) electrons. The Kier molecular flexibility index (Phi) is 5.91. The first-order valence-corrected chi connectivity index (χ1v) is 7.39. The van der Waals surface area contributed by atoms with Crippen LogP contribution in [0.5, 0.6) is 0 Å². The molecule has 0 spiro atoms. The normalized spacial score (nSPS) is 11.4. The Morgan fingerprint density at radius 2 is 1.27 bits per heavy atom. The van der Waals surface area contributed by atoms with E-state index in [9.17, 15) is 14.4 Å². The van der Waals surface area contributed by atoms with Gasteiger partial charge >= 0.3 is 17.1 Å². The van der Waals surface area contributed by atoms with Gasteiger partial charge in [0.25, 0.3) is 0 Å². The van der Waals surface area contributed by atoms with Gasteiger partial charge in [0.15, 0.2) is 0 Å². The van der Waals surface area contributed by atoms with Crippen LogP contribution in [0.15, 0.2) is 39.7 Å². The lowest BCUT2D eigenvalue weighted by Crippen LogP contribution is -2.54. The molecule has 0 aromatic carbocycles. The maximum Gasteiger partial charge on any atom is 0.336 e. The highest BCUT2D eigenvalue weighted by Crippen LogP contribution is 2.20. The number of hydrogen-bond acceptors (Lipinski definition) is 3. The molecular weight excluding hydrogens is 282 g/mol. The summed E-state index contributed by atoms with van der Waals surface area (Å²) in [6.45, 7) is 13.8. The maximum absolute atomic E-state index is 12.4. The minimum absolute atomic E-state index is 0.0777. The predicted molar refractivity (Wildman–Crippen MR) is 88.3 cm³/mol. The maximum atomic E-state index is 12.4. The first kappa shape index (κ1) is 17.9. The second kappa shape index (κ2) is 7.24. The Morgan fingerprint density at radius 1 is 0.864 bits per heavy atom. The zero-order chi connectivity index (χ0) is 16.9. The van der Waals surface area contributed by atoms with Crippen LogP contribution >= 0.6 is 0 Å². The monoisotopic (exact) mass is 307 g/mol. The molecule has 0 fully saturated rings. The van der Waals surface area contributed by atoms with E-state index in [1.165, 1.54) is 12.2 Å². The fourth-order valence-electron chi connectivity index (χ4n) is 2.21. The smallest absolute Gasteiger partial charge is 0.247 e. The number of allylic oxidation sites excluding steroid dienone is 2. The highest BCUT2D eigenvalue weighted by atomic mass is 16.2. The molecule has 22 heavy (non-hydrogen) atoms. The molecule has 0 unspecified atom stereocenters. The molecule has 0 saturated heterocycles. The van der Waals surface area contributed by atoms with Crippen LogP contribution in [-0.2, 0) is 19.6 Å². The summed E-state index contributed by atoms with van der Waals surface area (Å²) in [5.41, 5.74) is -1.66. The van der Waals surface area contributed by atoms with E-state index in [0.717, 1.165) is 20.1 Å². The summed E-state index contributed by atoms with van der Waals surface area (Å²) >= 11 is 0. The molecule has 1 aromatic heterocycles. The molecule has 0 amide bonds. The van der Waals surface area contributed by atoms with Gasteiger partial charge in [-0.1, -0.05) is 32.9 Å². The van der Waals surface area contributed by atoms with E-state index < -0.39 is 17.1 Å². The van der Waals surface area contributed by atoms with E-state index >= 15 is 0 Å². The molecule has 1 aromatic rings. The van der Waals surface area contributed by atoms with E-state index in [1.807, 2.05) is 0 Å². The first-order valence-electron chi connectivity index (χ1n) is 7.39. The van der Waals surface area contributed by atoms with Gasteiger partial charge in [-0.2, -0.15) is 0 Å². The van der Waals surface area contributed by atoms with E-state index in [1.54, 1.807) is 0 Å². The van der Waals surface area contributed by atoms with Gasteiger partial charge < -0.3 is 0 Å². The van der Waals surface area contributed by atoms with Crippen LogP contribution in [-0.4, -0.2) is 13.7 Å². The van der Waals surface area contributed by atoms with Crippen LogP contribution in [0.25, 0.3) is 0 Å². The number of rotatable bonds is 7. The molecular formula is C16H25N3O3. The molecule has 0 saturated carbocycles. The largest absolute Gasteiger partial charge is 0.336 e. The van der Waals surface area contributed by atoms with Crippen LogP contribution in [0.3, 0.4) is 0 Å². The lowest BCUT2D eigenvalue weighted by Gasteiger charge is -2.18. The topological polar surface area (TPSA) is 66.0 Å². The van der Waals surface area contributed by atoms with Crippen molar-refractivity contribution in [1.82, 2.24) is 13.7 Å². The van der Waals surface area contributed by atoms with E-state index in [-0.39, 0.29) is 18.5 Å². The Morgan fingerprint density at radius 3 is 1.64 bits per heavy atom. The van der Waals surface area contributed by atoms with Crippen LogP contribution in [0.2, 0.25) is 0 Å². The average molecular weight is 307 g/mol. The standard InChI is InChI=1S/C16H25N3O3/c1-6-10-17-13(20)18(11-7-2)15(22)19(14(17)21)12-8-9-16(3,4)5/h6-7H,1-2,8-12H2,3-5H3. The van der Waals surface area contributed by atoms with Crippen molar-refractivity contribution in [3.05, 3.63) is 56.8 Å². The second-order valence-electron chi connectivity index (χ2n) is 6.46. The highest BCUT2D eigenvalue weighted by molar-refractivity contribution is 4.84. The summed E-state index contributed by atoms with van der Waals surface area (Å²) in [6.07, 6.45) is 4.50. The summed E-state index contributed by atoms with van der Waals surface area (Å²) < 4.78 is 3.17. The van der Waals surface area contributed by atoms with Crippen LogP contribution < -0.4 is 17.1 Å². The molecule has 122 valence electrons. The van der Waals surface area contributed by atoms with Crippen molar-refractivity contribution in [3.8, 4) is 0 Å². The molecule has 0 N–H and O–H groups in total. The minimum atomic E-state index is -0.623. The predicted octanol–water partition coefficient (Wildman–Crippen LogP) is 1.37. The first-order chi connectivity index (χ1) is 10.2. The van der Waals surface area contributed by atoms with Crippen molar-refractivity contribution in [2.45, 2.75) is 53.2 Å². The fraction of sp³-hybridized carbons (Fsp3) is 0.562. The second-order valence-corrected chi connectivity index (χ2v) is 6.46. The van der Waals surface area contributed by atoms with Crippen molar-refractivity contribution in [3.63, 3.8) is 0 Å². The van der Waals surface area contributed by atoms with Crippen LogP contribution in [0.1, 0.15) is 33.6 Å². The summed E-state index contributed by atoms with van der Waals surface area (Å²) in [7, 11) is 0. The summed E-state index contributed by atoms with van der Waals surface area (Å²) in [6, 6.07) is 0. The van der Waals surface area contributed by atoms with E-state index in [0.29, 0.717) is 13.0 Å². The Bertz CT molecular complexity index is 666. The van der Waals surface area contributed by atoms with Crippen LogP contribution in [0.4, 0.5) is 0 Å². The SMILES string of the molecule is C=CCn1c(=O)n(CC=C)c(=O)n(CCCC(C)(C)C)c1=O. The molecule has 1 heterocycles. The molecule has 0 bridgehead atoms. The summed E-state index contributed by atoms with van der Waals surface area (Å²) in [4.78, 5) is 36.9. The molecule has 0 aliphatic rings. The highest BCUT2D eigenvalue weighted by Gasteiger charge is 2.15. The van der Waals surface area contributed by atoms with Crippen molar-refractivity contribution in [1.29, 1.82) is 0 Å². The third kappa shape index (κ3) is 4.19. The van der Waals surface area contributed by atoms with Gasteiger partial charge in [0, 0.05) is 6.54 Å². The third-order valence-electron chi connectivity index (χ3n) is 3.32. The van der Waals surface area contributed by atoms with Gasteiger partial charge in [-0.05, 0) is 18.3 Å². The number of aromatic nitrogens is 3. The quantitative estimate of drug-likeness (QED) is 0.715. The van der Waals surface area contributed by atoms with E-state index in [2.05, 4.69) is 33.9 Å². The van der Waals surface area contributed by atoms with Crippen molar-refractivity contribution >= 4 is 0 Å². The minimum Gasteiger partial charge on any atom is -0.247 e. The van der Waals surface area contributed by atoms with E-state index in [4.69, 9.17) is 0 Å². The van der Waals surface area contributed by atoms with Crippen molar-refractivity contribution < 1.29 is 0 Å². The zero-order valence-corrected chi connectivity index (χ0v) is 13.7. The Labute approximate surface area is 130 Å². The van der Waals surface area contributed by atoms with Gasteiger partial charge in [-0.3, -0.25) is 0 Å². The van der Waals surface area contributed by atoms with Crippen LogP contribution in [0, 0.1) is 5.41 Å². The van der Waals surface area contributed by atoms with Gasteiger partial charge in [-0.25, -0.2) is 28.1 Å². The lowest BCUT2D eigenvalue weighted by atomic mass is 9.91.